The molecule has 1 rings (SSSR count). The molecule has 1 N–H and O–H groups in total. The summed E-state index contributed by atoms with van der Waals surface area (Å²) in [7, 11) is 1.57. The Morgan fingerprint density at radius 2 is 2.11 bits per heavy atom. The number of hydrogen-bond acceptors (Lipinski definition) is 4. The molecule has 0 fully saturated rings. The van der Waals surface area contributed by atoms with Gasteiger partial charge in [0.15, 0.2) is 0 Å². The number of nitrogens with zero attached hydrogens (tertiary/aromatic N) is 2. The first-order valence-corrected chi connectivity index (χ1v) is 5.56. The maximum absolute atomic E-state index is 11.9. The number of aliphatic hydroxyl groups excluding tert-OH is 1. The molecule has 1 unspecified atom stereocenters. The summed E-state index contributed by atoms with van der Waals surface area (Å²) in [4.78, 5) is 23.6. The summed E-state index contributed by atoms with van der Waals surface area (Å²) < 4.78 is 0. The first-order chi connectivity index (χ1) is 8.47. The Labute approximate surface area is 105 Å². The van der Waals surface area contributed by atoms with Crippen LogP contribution in [0.15, 0.2) is 24.3 Å². The van der Waals surface area contributed by atoms with E-state index in [0.29, 0.717) is 5.56 Å². The second kappa shape index (κ2) is 6.11. The van der Waals surface area contributed by atoms with Crippen molar-refractivity contribution < 1.29 is 14.8 Å². The fourth-order valence-electron chi connectivity index (χ4n) is 1.49. The van der Waals surface area contributed by atoms with Crippen molar-refractivity contribution in [3.05, 3.63) is 39.9 Å². The molecule has 18 heavy (non-hydrogen) atoms. The molecule has 0 aliphatic heterocycles. The van der Waals surface area contributed by atoms with Crippen LogP contribution in [0.1, 0.15) is 12.5 Å². The first kappa shape index (κ1) is 14.1. The van der Waals surface area contributed by atoms with Crippen molar-refractivity contribution in [2.75, 3.05) is 13.7 Å². The number of amides is 1. The van der Waals surface area contributed by atoms with E-state index < -0.39 is 4.92 Å². The van der Waals surface area contributed by atoms with Gasteiger partial charge in [0.1, 0.15) is 0 Å². The van der Waals surface area contributed by atoms with Crippen LogP contribution >= 0.6 is 0 Å². The Balaban J connectivity index is 2.85. The summed E-state index contributed by atoms with van der Waals surface area (Å²) in [5.74, 6) is -0.258. The highest BCUT2D eigenvalue weighted by atomic mass is 16.6. The summed E-state index contributed by atoms with van der Waals surface area (Å²) >= 11 is 0. The number of rotatable bonds is 5. The summed E-state index contributed by atoms with van der Waals surface area (Å²) in [6.07, 6.45) is -0.0437. The Hall–Kier alpha value is -1.95. The fourth-order valence-corrected chi connectivity index (χ4v) is 1.49. The molecule has 1 amide bonds. The normalized spacial score (nSPS) is 11.9. The van der Waals surface area contributed by atoms with Gasteiger partial charge in [-0.25, -0.2) is 0 Å². The van der Waals surface area contributed by atoms with Gasteiger partial charge in [0.25, 0.3) is 5.69 Å². The Bertz CT molecular complexity index is 447. The van der Waals surface area contributed by atoms with E-state index in [2.05, 4.69) is 0 Å². The van der Waals surface area contributed by atoms with Crippen LogP contribution in [0.3, 0.4) is 0 Å². The van der Waals surface area contributed by atoms with E-state index in [1.165, 1.54) is 11.0 Å². The Morgan fingerprint density at radius 1 is 1.50 bits per heavy atom. The van der Waals surface area contributed by atoms with Crippen molar-refractivity contribution in [3.63, 3.8) is 0 Å². The molecule has 0 aliphatic rings. The molecule has 1 aromatic carbocycles. The monoisotopic (exact) mass is 252 g/mol. The van der Waals surface area contributed by atoms with E-state index >= 15 is 0 Å². The van der Waals surface area contributed by atoms with Gasteiger partial charge in [-0.1, -0.05) is 18.2 Å². The second-order valence-electron chi connectivity index (χ2n) is 4.10. The summed E-state index contributed by atoms with van der Waals surface area (Å²) in [6, 6.07) is 5.85. The molecule has 6 nitrogen and oxygen atoms in total. The lowest BCUT2D eigenvalue weighted by molar-refractivity contribution is -0.385. The average molecular weight is 252 g/mol. The average Bonchev–Trinajstić information content (AvgIpc) is 2.37. The van der Waals surface area contributed by atoms with Crippen LogP contribution in [-0.2, 0) is 11.2 Å². The number of likely N-dealkylation sites (N-methyl/N-ethyl adjacent to an activating group) is 1. The lowest BCUT2D eigenvalue weighted by Gasteiger charge is -2.23. The van der Waals surface area contributed by atoms with Crippen molar-refractivity contribution in [2.24, 2.45) is 0 Å². The topological polar surface area (TPSA) is 83.7 Å². The predicted octanol–water partition coefficient (Wildman–Crippen LogP) is 0.976. The highest BCUT2D eigenvalue weighted by molar-refractivity contribution is 5.80. The predicted molar refractivity (Wildman–Crippen MR) is 66.1 cm³/mol. The van der Waals surface area contributed by atoms with Gasteiger partial charge in [0, 0.05) is 18.7 Å². The van der Waals surface area contributed by atoms with Crippen molar-refractivity contribution in [1.29, 1.82) is 0 Å². The number of aliphatic hydroxyl groups is 1. The molecule has 0 aromatic heterocycles. The quantitative estimate of drug-likeness (QED) is 0.625. The lowest BCUT2D eigenvalue weighted by Crippen LogP contribution is -2.38. The van der Waals surface area contributed by atoms with E-state index in [4.69, 9.17) is 5.11 Å². The Kier molecular flexibility index (Phi) is 4.79. The van der Waals surface area contributed by atoms with Gasteiger partial charge in [-0.2, -0.15) is 0 Å². The zero-order chi connectivity index (χ0) is 13.7. The van der Waals surface area contributed by atoms with Crippen LogP contribution < -0.4 is 0 Å². The molecular formula is C12H16N2O4. The van der Waals surface area contributed by atoms with Gasteiger partial charge >= 0.3 is 0 Å². The number of nitro benzene ring substituents is 1. The fraction of sp³-hybridized carbons (Fsp3) is 0.417. The number of benzene rings is 1. The maximum Gasteiger partial charge on any atom is 0.273 e. The minimum atomic E-state index is -0.502. The number of para-hydroxylation sites is 1. The van der Waals surface area contributed by atoms with E-state index in [1.54, 1.807) is 32.2 Å². The van der Waals surface area contributed by atoms with Gasteiger partial charge in [-0.05, 0) is 6.92 Å². The van der Waals surface area contributed by atoms with Gasteiger partial charge in [0.05, 0.1) is 24.0 Å². The third kappa shape index (κ3) is 3.27. The van der Waals surface area contributed by atoms with Crippen LogP contribution in [0.2, 0.25) is 0 Å². The zero-order valence-electron chi connectivity index (χ0n) is 10.4. The molecule has 0 saturated carbocycles. The van der Waals surface area contributed by atoms with Crippen molar-refractivity contribution in [2.45, 2.75) is 19.4 Å². The highest BCUT2D eigenvalue weighted by Gasteiger charge is 2.20. The molecule has 0 heterocycles. The second-order valence-corrected chi connectivity index (χ2v) is 4.10. The first-order valence-electron chi connectivity index (χ1n) is 5.56. The highest BCUT2D eigenvalue weighted by Crippen LogP contribution is 2.18. The van der Waals surface area contributed by atoms with Crippen molar-refractivity contribution >= 4 is 11.6 Å². The molecule has 1 aromatic rings. The smallest absolute Gasteiger partial charge is 0.273 e. The van der Waals surface area contributed by atoms with Crippen LogP contribution in [0.4, 0.5) is 5.69 Å². The maximum atomic E-state index is 11.9. The largest absolute Gasteiger partial charge is 0.394 e. The number of nitro groups is 1. The van der Waals surface area contributed by atoms with Gasteiger partial charge in [-0.3, -0.25) is 14.9 Å². The molecule has 0 spiro atoms. The molecule has 0 bridgehead atoms. The lowest BCUT2D eigenvalue weighted by atomic mass is 10.1. The van der Waals surface area contributed by atoms with E-state index in [1.807, 2.05) is 0 Å². The minimum Gasteiger partial charge on any atom is -0.394 e. The molecule has 0 saturated heterocycles. The molecular weight excluding hydrogens is 236 g/mol. The van der Waals surface area contributed by atoms with Crippen LogP contribution in [0, 0.1) is 10.1 Å². The SMILES string of the molecule is CC(CO)N(C)C(=O)Cc1ccccc1[N+](=O)[O-]. The van der Waals surface area contributed by atoms with Crippen LogP contribution in [0.5, 0.6) is 0 Å². The molecule has 1 atom stereocenters. The Morgan fingerprint density at radius 3 is 2.67 bits per heavy atom. The van der Waals surface area contributed by atoms with Gasteiger partial charge in [-0.15, -0.1) is 0 Å². The van der Waals surface area contributed by atoms with Crippen molar-refractivity contribution in [1.82, 2.24) is 4.90 Å². The van der Waals surface area contributed by atoms with Crippen molar-refractivity contribution in [3.8, 4) is 0 Å². The van der Waals surface area contributed by atoms with E-state index in [9.17, 15) is 14.9 Å². The van der Waals surface area contributed by atoms with Crippen LogP contribution in [0.25, 0.3) is 0 Å². The van der Waals surface area contributed by atoms with Gasteiger partial charge < -0.3 is 10.0 Å². The third-order valence-corrected chi connectivity index (χ3v) is 2.85. The summed E-state index contributed by atoms with van der Waals surface area (Å²) in [5, 5.41) is 19.8. The summed E-state index contributed by atoms with van der Waals surface area (Å²) in [6.45, 7) is 1.57. The third-order valence-electron chi connectivity index (χ3n) is 2.85. The minimum absolute atomic E-state index is 0.0437. The van der Waals surface area contributed by atoms with E-state index in [0.717, 1.165) is 0 Å². The summed E-state index contributed by atoms with van der Waals surface area (Å²) in [5.41, 5.74) is 0.320. The zero-order valence-corrected chi connectivity index (χ0v) is 10.4. The number of carbonyl (C=O) groups excluding carboxylic acids is 1. The molecule has 0 radical (unpaired) electrons. The standard InChI is InChI=1S/C12H16N2O4/c1-9(8-15)13(2)12(16)7-10-5-3-4-6-11(10)14(17)18/h3-6,9,15H,7-8H2,1-2H3. The van der Waals surface area contributed by atoms with E-state index in [-0.39, 0.29) is 30.7 Å². The number of carbonyl (C=O) groups is 1. The molecule has 6 heteroatoms. The number of hydrogen-bond donors (Lipinski definition) is 1. The molecule has 98 valence electrons. The van der Waals surface area contributed by atoms with Crippen LogP contribution in [-0.4, -0.2) is 40.5 Å². The van der Waals surface area contributed by atoms with Gasteiger partial charge in [0.2, 0.25) is 5.91 Å². The molecule has 0 aliphatic carbocycles.